The molecule has 11 heteroatoms. The van der Waals surface area contributed by atoms with Crippen LogP contribution in [0.1, 0.15) is 213 Å². The molecule has 1 amide bonds. The van der Waals surface area contributed by atoms with Crippen molar-refractivity contribution in [3.05, 3.63) is 12.2 Å². The predicted octanol–water partition coefficient (Wildman–Crippen LogP) is 8.06. The molecule has 0 aromatic heterocycles. The number of allylic oxidation sites excluding steroid dienone is 2. The Morgan fingerprint density at radius 2 is 1.02 bits per heavy atom. The van der Waals surface area contributed by atoms with Crippen LogP contribution in [0.2, 0.25) is 0 Å². The van der Waals surface area contributed by atoms with Gasteiger partial charge in [-0.2, -0.15) is 0 Å². The molecule has 1 aliphatic heterocycles. The van der Waals surface area contributed by atoms with Gasteiger partial charge in [-0.05, 0) is 38.5 Å². The summed E-state index contributed by atoms with van der Waals surface area (Å²) >= 11 is 0. The number of unbranched alkanes of at least 4 members (excludes halogenated alkanes) is 26. The van der Waals surface area contributed by atoms with Crippen molar-refractivity contribution in [2.75, 3.05) is 13.2 Å². The first-order valence-corrected chi connectivity index (χ1v) is 24.1. The van der Waals surface area contributed by atoms with E-state index in [9.17, 15) is 40.5 Å². The van der Waals surface area contributed by atoms with E-state index in [1.807, 2.05) is 0 Å². The van der Waals surface area contributed by atoms with E-state index < -0.39 is 74.2 Å². The van der Waals surface area contributed by atoms with E-state index in [4.69, 9.17) is 9.47 Å². The van der Waals surface area contributed by atoms with Crippen molar-refractivity contribution in [2.45, 2.75) is 268 Å². The van der Waals surface area contributed by atoms with Gasteiger partial charge in [-0.1, -0.05) is 187 Å². The summed E-state index contributed by atoms with van der Waals surface area (Å²) in [6.07, 6.45) is 28.6. The average molecular weight is 830 g/mol. The summed E-state index contributed by atoms with van der Waals surface area (Å²) in [5, 5.41) is 75.5. The van der Waals surface area contributed by atoms with Crippen LogP contribution in [-0.2, 0) is 14.3 Å². The second-order valence-corrected chi connectivity index (χ2v) is 17.2. The minimum atomic E-state index is -1.66. The fraction of sp³-hybridized carbons (Fsp3) is 0.936. The maximum absolute atomic E-state index is 13.0. The van der Waals surface area contributed by atoms with Crippen LogP contribution in [0.5, 0.6) is 0 Å². The Balaban J connectivity index is 2.38. The highest BCUT2D eigenvalue weighted by Crippen LogP contribution is 2.23. The Bertz CT molecular complexity index is 954. The van der Waals surface area contributed by atoms with Crippen molar-refractivity contribution in [3.8, 4) is 0 Å². The molecule has 0 spiro atoms. The largest absolute Gasteiger partial charge is 0.394 e. The van der Waals surface area contributed by atoms with Crippen LogP contribution in [0.4, 0.5) is 0 Å². The summed E-state index contributed by atoms with van der Waals surface area (Å²) < 4.78 is 11.1. The van der Waals surface area contributed by atoms with Crippen molar-refractivity contribution in [3.63, 3.8) is 0 Å². The molecule has 0 bridgehead atoms. The van der Waals surface area contributed by atoms with Gasteiger partial charge >= 0.3 is 0 Å². The number of aliphatic hydroxyl groups is 7. The number of nitrogens with one attached hydrogen (secondary N) is 1. The van der Waals surface area contributed by atoms with Crippen molar-refractivity contribution in [1.82, 2.24) is 5.32 Å². The quantitative estimate of drug-likeness (QED) is 0.0222. The number of carbonyl (C=O) groups excluding carboxylic acids is 1. The van der Waals surface area contributed by atoms with Gasteiger partial charge in [-0.25, -0.2) is 0 Å². The minimum Gasteiger partial charge on any atom is -0.394 e. The van der Waals surface area contributed by atoms with Gasteiger partial charge in [0.15, 0.2) is 6.29 Å². The number of hydrogen-bond donors (Lipinski definition) is 8. The second kappa shape index (κ2) is 37.6. The molecule has 0 aliphatic carbocycles. The van der Waals surface area contributed by atoms with Crippen LogP contribution in [0.3, 0.4) is 0 Å². The molecule has 9 atom stereocenters. The molecular weight excluding hydrogens is 739 g/mol. The van der Waals surface area contributed by atoms with Gasteiger partial charge in [-0.15, -0.1) is 0 Å². The van der Waals surface area contributed by atoms with Gasteiger partial charge in [0.05, 0.1) is 25.4 Å². The number of ether oxygens (including phenoxy) is 2. The molecule has 344 valence electrons. The molecule has 1 fully saturated rings. The molecule has 0 aromatic rings. The van der Waals surface area contributed by atoms with E-state index in [-0.39, 0.29) is 12.8 Å². The summed E-state index contributed by atoms with van der Waals surface area (Å²) in [6, 6.07) is -1.18. The highest BCUT2D eigenvalue weighted by molar-refractivity contribution is 5.80. The smallest absolute Gasteiger partial charge is 0.249 e. The zero-order valence-corrected chi connectivity index (χ0v) is 37.0. The van der Waals surface area contributed by atoms with Crippen LogP contribution >= 0.6 is 0 Å². The minimum absolute atomic E-state index is 0.256. The summed E-state index contributed by atoms with van der Waals surface area (Å²) in [5.74, 6) is -0.708. The Labute approximate surface area is 353 Å². The average Bonchev–Trinajstić information content (AvgIpc) is 3.22. The third-order valence-corrected chi connectivity index (χ3v) is 11.8. The SMILES string of the molecule is CCCCCCCCCCCCCCCCCCC/C=C/CCCC(O)C(O)C(COC1OC(CO)C(O)C(O)C1O)NC(=O)C(O)CCCCCCCCCCC. The summed E-state index contributed by atoms with van der Waals surface area (Å²) in [6.45, 7) is 3.40. The fourth-order valence-electron chi connectivity index (χ4n) is 7.79. The number of amides is 1. The maximum atomic E-state index is 13.0. The number of aliphatic hydroxyl groups excluding tert-OH is 7. The highest BCUT2D eigenvalue weighted by Gasteiger charge is 2.44. The van der Waals surface area contributed by atoms with Crippen LogP contribution in [0, 0.1) is 0 Å². The number of carbonyl (C=O) groups is 1. The Morgan fingerprint density at radius 1 is 0.586 bits per heavy atom. The Kier molecular flexibility index (Phi) is 35.6. The van der Waals surface area contributed by atoms with Crippen molar-refractivity contribution < 1.29 is 50.0 Å². The topological polar surface area (TPSA) is 189 Å². The zero-order valence-electron chi connectivity index (χ0n) is 37.0. The molecule has 11 nitrogen and oxygen atoms in total. The van der Waals surface area contributed by atoms with Crippen LogP contribution in [0.15, 0.2) is 12.2 Å². The van der Waals surface area contributed by atoms with Crippen LogP contribution < -0.4 is 5.32 Å². The lowest BCUT2D eigenvalue weighted by molar-refractivity contribution is -0.303. The van der Waals surface area contributed by atoms with Gasteiger partial charge in [0.25, 0.3) is 0 Å². The lowest BCUT2D eigenvalue weighted by Crippen LogP contribution is -2.60. The molecule has 1 rings (SSSR count). The summed E-state index contributed by atoms with van der Waals surface area (Å²) in [4.78, 5) is 13.0. The second-order valence-electron chi connectivity index (χ2n) is 17.2. The first-order chi connectivity index (χ1) is 28.2. The summed E-state index contributed by atoms with van der Waals surface area (Å²) in [7, 11) is 0. The molecule has 1 aliphatic rings. The normalized spacial score (nSPS) is 22.0. The first kappa shape index (κ1) is 54.9. The standard InChI is InChI=1S/C47H91NO10/c1-3-5-7-9-11-13-14-15-16-17-18-19-20-21-22-23-24-25-27-28-30-32-34-39(50)42(52)38(37-57-47-45(55)44(54)43(53)41(36-49)58-47)48-46(56)40(51)35-33-31-29-26-12-10-8-6-4-2/h27-28,38-45,47,49-55H,3-26,29-37H2,1-2H3,(H,48,56)/b28-27+. The van der Waals surface area contributed by atoms with Crippen LogP contribution in [-0.4, -0.2) is 110 Å². The van der Waals surface area contributed by atoms with E-state index in [2.05, 4.69) is 31.3 Å². The molecule has 0 radical (unpaired) electrons. The van der Waals surface area contributed by atoms with E-state index in [1.165, 1.54) is 135 Å². The Hall–Kier alpha value is -1.15. The van der Waals surface area contributed by atoms with Crippen molar-refractivity contribution >= 4 is 5.91 Å². The fourth-order valence-corrected chi connectivity index (χ4v) is 7.79. The van der Waals surface area contributed by atoms with Crippen molar-refractivity contribution in [2.24, 2.45) is 0 Å². The van der Waals surface area contributed by atoms with E-state index in [0.29, 0.717) is 12.8 Å². The third kappa shape index (κ3) is 26.9. The monoisotopic (exact) mass is 830 g/mol. The molecule has 58 heavy (non-hydrogen) atoms. The molecular formula is C47H91NO10. The number of hydrogen-bond acceptors (Lipinski definition) is 10. The lowest BCUT2D eigenvalue weighted by atomic mass is 9.98. The maximum Gasteiger partial charge on any atom is 0.249 e. The van der Waals surface area contributed by atoms with Gasteiger partial charge < -0.3 is 50.5 Å². The Morgan fingerprint density at radius 3 is 1.48 bits per heavy atom. The van der Waals surface area contributed by atoms with Crippen LogP contribution in [0.25, 0.3) is 0 Å². The van der Waals surface area contributed by atoms with Crippen molar-refractivity contribution in [1.29, 1.82) is 0 Å². The lowest BCUT2D eigenvalue weighted by Gasteiger charge is -2.40. The third-order valence-electron chi connectivity index (χ3n) is 11.8. The van der Waals surface area contributed by atoms with E-state index in [1.54, 1.807) is 0 Å². The molecule has 9 unspecified atom stereocenters. The zero-order chi connectivity index (χ0) is 42.6. The first-order valence-electron chi connectivity index (χ1n) is 24.1. The highest BCUT2D eigenvalue weighted by atomic mass is 16.7. The van der Waals surface area contributed by atoms with E-state index >= 15 is 0 Å². The molecule has 8 N–H and O–H groups in total. The molecule has 1 saturated heterocycles. The number of rotatable bonds is 40. The molecule has 0 aromatic carbocycles. The van der Waals surface area contributed by atoms with E-state index in [0.717, 1.165) is 38.5 Å². The van der Waals surface area contributed by atoms with Gasteiger partial charge in [0.2, 0.25) is 5.91 Å². The summed E-state index contributed by atoms with van der Waals surface area (Å²) in [5.41, 5.74) is 0. The van der Waals surface area contributed by atoms with Gasteiger partial charge in [0.1, 0.15) is 36.6 Å². The molecule has 1 heterocycles. The van der Waals surface area contributed by atoms with Gasteiger partial charge in [0, 0.05) is 0 Å². The molecule has 0 saturated carbocycles. The van der Waals surface area contributed by atoms with Gasteiger partial charge in [-0.3, -0.25) is 4.79 Å². The predicted molar refractivity (Wildman–Crippen MR) is 233 cm³/mol.